The number of anilines is 1. The van der Waals surface area contributed by atoms with Crippen molar-refractivity contribution in [2.45, 2.75) is 31.6 Å². The summed E-state index contributed by atoms with van der Waals surface area (Å²) >= 11 is 7.65. The first-order chi connectivity index (χ1) is 17.4. The van der Waals surface area contributed by atoms with Crippen LogP contribution in [0.2, 0.25) is 5.02 Å². The van der Waals surface area contributed by atoms with Crippen LogP contribution in [0.4, 0.5) is 5.69 Å². The fraction of sp³-hybridized carbons (Fsp3) is 0.214. The van der Waals surface area contributed by atoms with E-state index in [2.05, 4.69) is 16.7 Å². The summed E-state index contributed by atoms with van der Waals surface area (Å²) in [4.78, 5) is 28.5. The summed E-state index contributed by atoms with van der Waals surface area (Å²) < 4.78 is 5.34. The molecule has 0 bridgehead atoms. The quantitative estimate of drug-likeness (QED) is 0.377. The minimum atomic E-state index is -0.611. The summed E-state index contributed by atoms with van der Waals surface area (Å²) in [5.41, 5.74) is 3.84. The molecule has 5 rings (SSSR count). The van der Waals surface area contributed by atoms with Gasteiger partial charge in [0.2, 0.25) is 0 Å². The zero-order valence-electron chi connectivity index (χ0n) is 19.8. The Kier molecular flexibility index (Phi) is 6.60. The molecule has 0 saturated heterocycles. The van der Waals surface area contributed by atoms with Gasteiger partial charge in [-0.05, 0) is 66.8 Å². The summed E-state index contributed by atoms with van der Waals surface area (Å²) in [6.07, 6.45) is 1.05. The fourth-order valence-electron chi connectivity index (χ4n) is 5.00. The molecule has 0 fully saturated rings. The van der Waals surface area contributed by atoms with Gasteiger partial charge in [-0.25, -0.2) is 0 Å². The van der Waals surface area contributed by atoms with E-state index in [4.69, 9.17) is 16.3 Å². The lowest BCUT2D eigenvalue weighted by atomic mass is 9.72. The molecule has 184 valence electrons. The van der Waals surface area contributed by atoms with E-state index < -0.39 is 5.92 Å². The number of phenolic OH excluding ortho intramolecular Hbond substituents is 1. The summed E-state index contributed by atoms with van der Waals surface area (Å²) in [5, 5.41) is 19.1. The Bertz CT molecular complexity index is 1390. The van der Waals surface area contributed by atoms with Crippen LogP contribution in [0.1, 0.15) is 42.0 Å². The number of Topliss-reactive ketones (excluding diaryl/α,β-unsaturated/α-hetero) is 1. The number of rotatable bonds is 5. The highest BCUT2D eigenvalue weighted by molar-refractivity contribution is 7.10. The second-order valence-electron chi connectivity index (χ2n) is 8.92. The monoisotopic (exact) mass is 520 g/mol. The van der Waals surface area contributed by atoms with Crippen LogP contribution in [0.25, 0.3) is 0 Å². The van der Waals surface area contributed by atoms with Crippen molar-refractivity contribution in [1.29, 1.82) is 0 Å². The van der Waals surface area contributed by atoms with E-state index in [0.717, 1.165) is 5.70 Å². The maximum Gasteiger partial charge on any atom is 0.254 e. The van der Waals surface area contributed by atoms with Crippen molar-refractivity contribution in [2.24, 2.45) is 0 Å². The first kappa shape index (κ1) is 24.2. The molecular formula is C28H25ClN2O4S. The molecule has 2 aliphatic rings. The van der Waals surface area contributed by atoms with Gasteiger partial charge in [0.25, 0.3) is 5.91 Å². The van der Waals surface area contributed by atoms with E-state index in [1.54, 1.807) is 47.7 Å². The smallest absolute Gasteiger partial charge is 0.254 e. The van der Waals surface area contributed by atoms with Crippen molar-refractivity contribution in [3.8, 4) is 11.5 Å². The van der Waals surface area contributed by atoms with Gasteiger partial charge < -0.3 is 20.5 Å². The number of phenols is 1. The highest BCUT2D eigenvalue weighted by atomic mass is 35.5. The summed E-state index contributed by atoms with van der Waals surface area (Å²) in [5.74, 6) is -0.564. The molecule has 1 aromatic heterocycles. The van der Waals surface area contributed by atoms with E-state index in [1.807, 2.05) is 18.4 Å². The van der Waals surface area contributed by atoms with Crippen molar-refractivity contribution >= 4 is 40.3 Å². The number of dihydropyridines is 1. The van der Waals surface area contributed by atoms with Crippen molar-refractivity contribution in [1.82, 2.24) is 5.32 Å². The van der Waals surface area contributed by atoms with Crippen LogP contribution in [0.3, 0.4) is 0 Å². The zero-order chi connectivity index (χ0) is 25.4. The molecule has 0 unspecified atom stereocenters. The maximum absolute atomic E-state index is 13.7. The maximum atomic E-state index is 13.7. The third kappa shape index (κ3) is 4.52. The normalized spacial score (nSPS) is 19.6. The second kappa shape index (κ2) is 9.84. The third-order valence-electron chi connectivity index (χ3n) is 6.66. The van der Waals surface area contributed by atoms with E-state index in [-0.39, 0.29) is 29.1 Å². The van der Waals surface area contributed by atoms with Crippen LogP contribution >= 0.6 is 22.9 Å². The second-order valence-corrected chi connectivity index (χ2v) is 10.3. The number of hydrogen-bond acceptors (Lipinski definition) is 6. The topological polar surface area (TPSA) is 87.7 Å². The van der Waals surface area contributed by atoms with Gasteiger partial charge in [-0.2, -0.15) is 0 Å². The van der Waals surface area contributed by atoms with Crippen molar-refractivity contribution in [3.63, 3.8) is 0 Å². The molecule has 8 heteroatoms. The molecule has 0 spiro atoms. The highest BCUT2D eigenvalue weighted by Crippen LogP contribution is 2.47. The van der Waals surface area contributed by atoms with E-state index in [0.29, 0.717) is 46.0 Å². The number of allylic oxidation sites excluding steroid dienone is 3. The highest BCUT2D eigenvalue weighted by Gasteiger charge is 2.41. The Labute approximate surface area is 218 Å². The first-order valence-corrected chi connectivity index (χ1v) is 12.8. The third-order valence-corrected chi connectivity index (χ3v) is 7.94. The minimum Gasteiger partial charge on any atom is -0.504 e. The first-order valence-electron chi connectivity index (χ1n) is 11.6. The molecular weight excluding hydrogens is 496 g/mol. The number of thiophene rings is 1. The number of benzene rings is 2. The number of methoxy groups -OCH3 is 1. The number of hydrogen-bond donors (Lipinski definition) is 3. The lowest BCUT2D eigenvalue weighted by molar-refractivity contribution is -0.116. The van der Waals surface area contributed by atoms with Gasteiger partial charge in [-0.15, -0.1) is 11.3 Å². The van der Waals surface area contributed by atoms with Gasteiger partial charge in [0.15, 0.2) is 17.3 Å². The number of carbonyl (C=O) groups is 2. The van der Waals surface area contributed by atoms with Crippen molar-refractivity contribution in [2.75, 3.05) is 12.4 Å². The predicted molar refractivity (Wildman–Crippen MR) is 142 cm³/mol. The van der Waals surface area contributed by atoms with Crippen LogP contribution in [-0.2, 0) is 9.59 Å². The number of halogens is 1. The standard InChI is InChI=1S/C28H25ClN2O4S/c1-15-25(28(34)31-19-8-6-18(29)7-9-19)26(16-5-10-21(32)23(14-16)35-2)27-20(30-15)12-17(13-22(27)33)24-4-3-11-36-24/h3-11,14,17,26,30,32H,12-13H2,1-2H3,(H,31,34)/t17-,26+/m0/s1. The molecule has 2 aromatic carbocycles. The summed E-state index contributed by atoms with van der Waals surface area (Å²) in [6, 6.07) is 15.9. The number of aromatic hydroxyl groups is 1. The summed E-state index contributed by atoms with van der Waals surface area (Å²) in [7, 11) is 1.47. The average Bonchev–Trinajstić information content (AvgIpc) is 3.40. The molecule has 0 radical (unpaired) electrons. The largest absolute Gasteiger partial charge is 0.504 e. The lowest BCUT2D eigenvalue weighted by Gasteiger charge is -2.36. The Balaban J connectivity index is 1.59. The van der Waals surface area contributed by atoms with E-state index >= 15 is 0 Å². The van der Waals surface area contributed by atoms with Gasteiger partial charge in [0.1, 0.15) is 0 Å². The molecule has 1 amide bonds. The number of nitrogens with one attached hydrogen (secondary N) is 2. The Morgan fingerprint density at radius 2 is 1.94 bits per heavy atom. The fourth-order valence-corrected chi connectivity index (χ4v) is 5.96. The Hall–Kier alpha value is -3.55. The molecule has 1 aliphatic carbocycles. The van der Waals surface area contributed by atoms with Gasteiger partial charge in [-0.1, -0.05) is 23.7 Å². The Morgan fingerprint density at radius 1 is 1.17 bits per heavy atom. The average molecular weight is 521 g/mol. The van der Waals surface area contributed by atoms with E-state index in [1.165, 1.54) is 18.1 Å². The lowest BCUT2D eigenvalue weighted by Crippen LogP contribution is -2.37. The van der Waals surface area contributed by atoms with Crippen LogP contribution < -0.4 is 15.4 Å². The molecule has 0 saturated carbocycles. The molecule has 2 heterocycles. The van der Waals surface area contributed by atoms with Crippen molar-refractivity contribution in [3.05, 3.63) is 98.0 Å². The molecule has 2 atom stereocenters. The Morgan fingerprint density at radius 3 is 2.64 bits per heavy atom. The zero-order valence-corrected chi connectivity index (χ0v) is 21.4. The SMILES string of the molecule is COc1cc([C@@H]2C(C(=O)Nc3ccc(Cl)cc3)=C(C)NC3=C2C(=O)C[C@@H](c2cccs2)C3)ccc1O. The number of amides is 1. The molecule has 3 N–H and O–H groups in total. The van der Waals surface area contributed by atoms with Gasteiger partial charge >= 0.3 is 0 Å². The van der Waals surface area contributed by atoms with E-state index in [9.17, 15) is 14.7 Å². The number of carbonyl (C=O) groups excluding carboxylic acids is 2. The van der Waals surface area contributed by atoms with Crippen LogP contribution in [0.5, 0.6) is 11.5 Å². The van der Waals surface area contributed by atoms with Gasteiger partial charge in [0.05, 0.1) is 7.11 Å². The molecule has 3 aromatic rings. The van der Waals surface area contributed by atoms with Gasteiger partial charge in [-0.3, -0.25) is 9.59 Å². The van der Waals surface area contributed by atoms with Gasteiger partial charge in [0, 0.05) is 56.4 Å². The van der Waals surface area contributed by atoms with Crippen molar-refractivity contribution < 1.29 is 19.4 Å². The molecule has 1 aliphatic heterocycles. The number of ketones is 1. The minimum absolute atomic E-state index is 0.00323. The molecule has 6 nitrogen and oxygen atoms in total. The van der Waals surface area contributed by atoms with Crippen LogP contribution in [0.15, 0.2) is 82.5 Å². The predicted octanol–water partition coefficient (Wildman–Crippen LogP) is 6.12. The number of ether oxygens (including phenoxy) is 1. The van der Waals surface area contributed by atoms with Crippen LogP contribution in [-0.4, -0.2) is 23.9 Å². The van der Waals surface area contributed by atoms with Crippen LogP contribution in [0, 0.1) is 0 Å². The summed E-state index contributed by atoms with van der Waals surface area (Å²) in [6.45, 7) is 1.85. The molecule has 36 heavy (non-hydrogen) atoms.